The maximum Gasteiger partial charge on any atom is 0.235 e. The van der Waals surface area contributed by atoms with Gasteiger partial charge in [0.25, 0.3) is 0 Å². The zero-order valence-electron chi connectivity index (χ0n) is 12.2. The largest absolute Gasteiger partial charge is 0.454 e. The zero-order valence-corrected chi connectivity index (χ0v) is 13.0. The first-order valence-electron chi connectivity index (χ1n) is 6.96. The van der Waals surface area contributed by atoms with Gasteiger partial charge in [-0.15, -0.1) is 0 Å². The van der Waals surface area contributed by atoms with Gasteiger partial charge in [0, 0.05) is 13.1 Å². The van der Waals surface area contributed by atoms with E-state index in [1.807, 2.05) is 30.3 Å². The summed E-state index contributed by atoms with van der Waals surface area (Å²) in [5.41, 5.74) is 1.57. The van der Waals surface area contributed by atoms with Crippen LogP contribution in [0.15, 0.2) is 48.5 Å². The normalized spacial score (nSPS) is 13.1. The van der Waals surface area contributed by atoms with Gasteiger partial charge in [0.05, 0.1) is 11.4 Å². The molecule has 0 aliphatic carbocycles. The van der Waals surface area contributed by atoms with Gasteiger partial charge < -0.3 is 9.47 Å². The van der Waals surface area contributed by atoms with Gasteiger partial charge in [-0.3, -0.25) is 4.31 Å². The van der Waals surface area contributed by atoms with E-state index in [0.717, 1.165) is 5.56 Å². The molecule has 0 spiro atoms. The molecule has 0 atom stereocenters. The van der Waals surface area contributed by atoms with E-state index < -0.39 is 10.0 Å². The van der Waals surface area contributed by atoms with Crippen LogP contribution in [0, 0.1) is 0 Å². The monoisotopic (exact) mass is 319 g/mol. The predicted molar refractivity (Wildman–Crippen MR) is 84.9 cm³/mol. The summed E-state index contributed by atoms with van der Waals surface area (Å²) in [5.74, 6) is 1.27. The van der Waals surface area contributed by atoms with Crippen LogP contribution < -0.4 is 13.8 Å². The third-order valence-corrected chi connectivity index (χ3v) is 5.39. The van der Waals surface area contributed by atoms with Gasteiger partial charge in [-0.1, -0.05) is 30.3 Å². The number of ether oxygens (including phenoxy) is 2. The fraction of sp³-hybridized carbons (Fsp3) is 0.250. The van der Waals surface area contributed by atoms with Crippen molar-refractivity contribution in [2.75, 3.05) is 23.9 Å². The first-order valence-corrected chi connectivity index (χ1v) is 8.57. The van der Waals surface area contributed by atoms with E-state index in [4.69, 9.17) is 9.47 Å². The third kappa shape index (κ3) is 3.01. The van der Waals surface area contributed by atoms with Crippen LogP contribution in [0.25, 0.3) is 0 Å². The predicted octanol–water partition coefficient (Wildman–Crippen LogP) is 2.42. The van der Waals surface area contributed by atoms with Gasteiger partial charge in [0.15, 0.2) is 11.5 Å². The van der Waals surface area contributed by atoms with Crippen molar-refractivity contribution in [1.29, 1.82) is 0 Å². The number of nitrogens with zero attached hydrogens (tertiary/aromatic N) is 1. The summed E-state index contributed by atoms with van der Waals surface area (Å²) in [6, 6.07) is 14.7. The van der Waals surface area contributed by atoms with Crippen molar-refractivity contribution in [3.8, 4) is 11.5 Å². The lowest BCUT2D eigenvalue weighted by molar-refractivity contribution is 0.174. The van der Waals surface area contributed by atoms with Crippen LogP contribution in [0.3, 0.4) is 0 Å². The highest BCUT2D eigenvalue weighted by Gasteiger charge is 2.21. The summed E-state index contributed by atoms with van der Waals surface area (Å²) in [5, 5.41) is 0. The van der Waals surface area contributed by atoms with Crippen LogP contribution in [-0.4, -0.2) is 28.0 Å². The molecule has 3 rings (SSSR count). The highest BCUT2D eigenvalue weighted by molar-refractivity contribution is 7.92. The third-order valence-electron chi connectivity index (χ3n) is 3.63. The summed E-state index contributed by atoms with van der Waals surface area (Å²) in [7, 11) is -1.84. The Kier molecular flexibility index (Phi) is 3.94. The molecule has 1 aliphatic rings. The molecule has 1 heterocycles. The highest BCUT2D eigenvalue weighted by atomic mass is 32.2. The number of aryl methyl sites for hydroxylation is 1. The number of hydrogen-bond acceptors (Lipinski definition) is 4. The van der Waals surface area contributed by atoms with Crippen molar-refractivity contribution in [3.63, 3.8) is 0 Å². The second-order valence-corrected chi connectivity index (χ2v) is 7.18. The topological polar surface area (TPSA) is 55.8 Å². The summed E-state index contributed by atoms with van der Waals surface area (Å²) >= 11 is 0. The zero-order chi connectivity index (χ0) is 15.6. The Morgan fingerprint density at radius 2 is 1.77 bits per heavy atom. The van der Waals surface area contributed by atoms with E-state index in [2.05, 4.69) is 0 Å². The van der Waals surface area contributed by atoms with E-state index in [1.165, 1.54) is 4.31 Å². The number of benzene rings is 2. The van der Waals surface area contributed by atoms with Crippen LogP contribution in [0.5, 0.6) is 11.5 Å². The molecule has 2 aromatic carbocycles. The lowest BCUT2D eigenvalue weighted by atomic mass is 10.2. The molecule has 5 nitrogen and oxygen atoms in total. The minimum absolute atomic E-state index is 0.0575. The quantitative estimate of drug-likeness (QED) is 0.849. The van der Waals surface area contributed by atoms with E-state index >= 15 is 0 Å². The first kappa shape index (κ1) is 14.7. The smallest absolute Gasteiger partial charge is 0.235 e. The molecule has 0 saturated heterocycles. The molecule has 6 heteroatoms. The molecule has 0 saturated carbocycles. The molecule has 22 heavy (non-hydrogen) atoms. The number of sulfonamides is 1. The summed E-state index contributed by atoms with van der Waals surface area (Å²) in [6.07, 6.45) is 0.484. The van der Waals surface area contributed by atoms with Crippen LogP contribution in [-0.2, 0) is 16.4 Å². The standard InChI is InChI=1S/C16H17NO4S/c1-17(14-7-8-15-16(11-14)21-12-20-15)22(18,19)10-9-13-5-3-2-4-6-13/h2-8,11H,9-10,12H2,1H3. The van der Waals surface area contributed by atoms with Gasteiger partial charge in [0.1, 0.15) is 0 Å². The van der Waals surface area contributed by atoms with Gasteiger partial charge in [-0.25, -0.2) is 8.42 Å². The number of fused-ring (bicyclic) bond motifs is 1. The van der Waals surface area contributed by atoms with Crippen molar-refractivity contribution in [2.24, 2.45) is 0 Å². The van der Waals surface area contributed by atoms with Crippen LogP contribution in [0.2, 0.25) is 0 Å². The Hall–Kier alpha value is -2.21. The van der Waals surface area contributed by atoms with Crippen molar-refractivity contribution in [2.45, 2.75) is 6.42 Å². The molecule has 0 N–H and O–H groups in total. The van der Waals surface area contributed by atoms with Crippen molar-refractivity contribution in [3.05, 3.63) is 54.1 Å². The fourth-order valence-corrected chi connectivity index (χ4v) is 3.47. The summed E-state index contributed by atoms with van der Waals surface area (Å²) < 4.78 is 36.7. The summed E-state index contributed by atoms with van der Waals surface area (Å²) in [4.78, 5) is 0. The van der Waals surface area contributed by atoms with E-state index in [-0.39, 0.29) is 12.5 Å². The Balaban J connectivity index is 1.74. The molecule has 0 radical (unpaired) electrons. The van der Waals surface area contributed by atoms with Gasteiger partial charge in [-0.2, -0.15) is 0 Å². The number of anilines is 1. The minimum Gasteiger partial charge on any atom is -0.454 e. The molecule has 0 aromatic heterocycles. The van der Waals surface area contributed by atoms with Crippen molar-refractivity contribution >= 4 is 15.7 Å². The van der Waals surface area contributed by atoms with Crippen LogP contribution in [0.4, 0.5) is 5.69 Å². The number of rotatable bonds is 5. The lowest BCUT2D eigenvalue weighted by Crippen LogP contribution is -2.29. The van der Waals surface area contributed by atoms with Gasteiger partial charge in [-0.05, 0) is 24.1 Å². The maximum atomic E-state index is 12.5. The van der Waals surface area contributed by atoms with E-state index in [1.54, 1.807) is 25.2 Å². The van der Waals surface area contributed by atoms with Crippen molar-refractivity contribution in [1.82, 2.24) is 0 Å². The van der Waals surface area contributed by atoms with Gasteiger partial charge >= 0.3 is 0 Å². The minimum atomic E-state index is -3.39. The van der Waals surface area contributed by atoms with E-state index in [0.29, 0.717) is 23.6 Å². The number of hydrogen-bond donors (Lipinski definition) is 0. The lowest BCUT2D eigenvalue weighted by Gasteiger charge is -2.19. The van der Waals surface area contributed by atoms with E-state index in [9.17, 15) is 8.42 Å². The Labute approximate surface area is 130 Å². The first-order chi connectivity index (χ1) is 10.6. The summed E-state index contributed by atoms with van der Waals surface area (Å²) in [6.45, 7) is 0.170. The Bertz CT molecular complexity index is 759. The Morgan fingerprint density at radius 3 is 2.55 bits per heavy atom. The fourth-order valence-electron chi connectivity index (χ4n) is 2.27. The second kappa shape index (κ2) is 5.88. The molecule has 116 valence electrons. The molecular weight excluding hydrogens is 302 g/mol. The van der Waals surface area contributed by atoms with Crippen molar-refractivity contribution < 1.29 is 17.9 Å². The van der Waals surface area contributed by atoms with Crippen LogP contribution >= 0.6 is 0 Å². The molecule has 0 unspecified atom stereocenters. The van der Waals surface area contributed by atoms with Gasteiger partial charge in [0.2, 0.25) is 16.8 Å². The average Bonchev–Trinajstić information content (AvgIpc) is 3.01. The second-order valence-electron chi connectivity index (χ2n) is 5.06. The maximum absolute atomic E-state index is 12.5. The molecule has 0 bridgehead atoms. The van der Waals surface area contributed by atoms with Crippen LogP contribution in [0.1, 0.15) is 5.56 Å². The molecular formula is C16H17NO4S. The SMILES string of the molecule is CN(c1ccc2c(c1)OCO2)S(=O)(=O)CCc1ccccc1. The molecule has 0 fully saturated rings. The molecule has 0 amide bonds. The Morgan fingerprint density at radius 1 is 1.05 bits per heavy atom. The molecule has 1 aliphatic heterocycles. The highest BCUT2D eigenvalue weighted by Crippen LogP contribution is 2.35. The molecule has 2 aromatic rings. The average molecular weight is 319 g/mol.